The van der Waals surface area contributed by atoms with Crippen LogP contribution in [0, 0.1) is 5.92 Å². The van der Waals surface area contributed by atoms with Gasteiger partial charge in [-0.2, -0.15) is 0 Å². The van der Waals surface area contributed by atoms with Crippen LogP contribution in [0.4, 0.5) is 5.95 Å². The quantitative estimate of drug-likeness (QED) is 0.920. The molecule has 1 atom stereocenters. The van der Waals surface area contributed by atoms with Crippen LogP contribution in [-0.4, -0.2) is 29.2 Å². The SMILES string of the molecule is CCc1cn(C2CCCC2)c(N2CCCC(CN)C2)n1. The van der Waals surface area contributed by atoms with E-state index in [4.69, 9.17) is 10.7 Å². The Morgan fingerprint density at radius 1 is 1.25 bits per heavy atom. The molecule has 1 aromatic heterocycles. The third kappa shape index (κ3) is 2.71. The lowest BCUT2D eigenvalue weighted by molar-refractivity contribution is 0.409. The molecule has 4 nitrogen and oxygen atoms in total. The number of piperidine rings is 1. The number of hydrogen-bond acceptors (Lipinski definition) is 3. The summed E-state index contributed by atoms with van der Waals surface area (Å²) in [6.45, 7) is 5.23. The Labute approximate surface area is 122 Å². The van der Waals surface area contributed by atoms with Crippen molar-refractivity contribution in [3.05, 3.63) is 11.9 Å². The Hall–Kier alpha value is -1.03. The zero-order valence-corrected chi connectivity index (χ0v) is 12.7. The molecule has 0 aromatic carbocycles. The van der Waals surface area contributed by atoms with Gasteiger partial charge in [0, 0.05) is 25.3 Å². The summed E-state index contributed by atoms with van der Waals surface area (Å²) in [5, 5.41) is 0. The first-order valence-corrected chi connectivity index (χ1v) is 8.34. The molecule has 1 aromatic rings. The number of hydrogen-bond donors (Lipinski definition) is 1. The summed E-state index contributed by atoms with van der Waals surface area (Å²) in [7, 11) is 0. The first-order chi connectivity index (χ1) is 9.81. The summed E-state index contributed by atoms with van der Waals surface area (Å²) in [5.74, 6) is 1.86. The van der Waals surface area contributed by atoms with E-state index in [0.29, 0.717) is 12.0 Å². The van der Waals surface area contributed by atoms with Gasteiger partial charge in [0.25, 0.3) is 0 Å². The van der Waals surface area contributed by atoms with Crippen LogP contribution in [0.3, 0.4) is 0 Å². The van der Waals surface area contributed by atoms with Crippen molar-refractivity contribution in [3.8, 4) is 0 Å². The molecule has 1 aliphatic carbocycles. The molecular formula is C16H28N4. The van der Waals surface area contributed by atoms with Crippen molar-refractivity contribution in [1.82, 2.24) is 9.55 Å². The summed E-state index contributed by atoms with van der Waals surface area (Å²) >= 11 is 0. The highest BCUT2D eigenvalue weighted by Crippen LogP contribution is 2.34. The molecule has 2 N–H and O–H groups in total. The summed E-state index contributed by atoms with van der Waals surface area (Å²) in [5.41, 5.74) is 7.12. The van der Waals surface area contributed by atoms with Gasteiger partial charge in [-0.05, 0) is 44.6 Å². The Morgan fingerprint density at radius 3 is 2.75 bits per heavy atom. The molecule has 0 radical (unpaired) electrons. The fourth-order valence-corrected chi connectivity index (χ4v) is 3.73. The molecule has 3 rings (SSSR count). The summed E-state index contributed by atoms with van der Waals surface area (Å²) in [6, 6.07) is 0.677. The number of nitrogens with two attached hydrogens (primary N) is 1. The molecule has 2 aliphatic rings. The van der Waals surface area contributed by atoms with Gasteiger partial charge in [0.2, 0.25) is 5.95 Å². The molecule has 0 bridgehead atoms. The number of anilines is 1. The standard InChI is InChI=1S/C16H28N4/c1-2-14-12-20(15-7-3-4-8-15)16(18-14)19-9-5-6-13(10-17)11-19/h12-13,15H,2-11,17H2,1H3. The predicted octanol–water partition coefficient (Wildman–Crippen LogP) is 2.74. The molecule has 1 saturated heterocycles. The highest BCUT2D eigenvalue weighted by atomic mass is 15.3. The summed E-state index contributed by atoms with van der Waals surface area (Å²) in [6.07, 6.45) is 11.2. The summed E-state index contributed by atoms with van der Waals surface area (Å²) < 4.78 is 2.48. The van der Waals surface area contributed by atoms with Crippen LogP contribution in [0.15, 0.2) is 6.20 Å². The fraction of sp³-hybridized carbons (Fsp3) is 0.812. The molecule has 0 spiro atoms. The van der Waals surface area contributed by atoms with Crippen LogP contribution >= 0.6 is 0 Å². The molecule has 20 heavy (non-hydrogen) atoms. The number of nitrogens with zero attached hydrogens (tertiary/aromatic N) is 3. The van der Waals surface area contributed by atoms with Gasteiger partial charge in [-0.3, -0.25) is 0 Å². The topological polar surface area (TPSA) is 47.1 Å². The van der Waals surface area contributed by atoms with E-state index in [1.807, 2.05) is 0 Å². The first-order valence-electron chi connectivity index (χ1n) is 8.34. The number of aromatic nitrogens is 2. The molecule has 4 heteroatoms. The first kappa shape index (κ1) is 13.9. The van der Waals surface area contributed by atoms with E-state index in [0.717, 1.165) is 26.1 Å². The van der Waals surface area contributed by atoms with Crippen molar-refractivity contribution in [3.63, 3.8) is 0 Å². The third-order valence-corrected chi connectivity index (χ3v) is 4.98. The van der Waals surface area contributed by atoms with Gasteiger partial charge in [-0.25, -0.2) is 4.98 Å². The van der Waals surface area contributed by atoms with E-state index in [-0.39, 0.29) is 0 Å². The third-order valence-electron chi connectivity index (χ3n) is 4.98. The highest BCUT2D eigenvalue weighted by molar-refractivity contribution is 5.35. The van der Waals surface area contributed by atoms with Crippen molar-refractivity contribution in [2.24, 2.45) is 11.7 Å². The second-order valence-corrected chi connectivity index (χ2v) is 6.42. The molecule has 1 aliphatic heterocycles. The van der Waals surface area contributed by atoms with Gasteiger partial charge in [0.15, 0.2) is 0 Å². The second-order valence-electron chi connectivity index (χ2n) is 6.42. The smallest absolute Gasteiger partial charge is 0.205 e. The van der Waals surface area contributed by atoms with Crippen LogP contribution in [0.2, 0.25) is 0 Å². The van der Waals surface area contributed by atoms with E-state index in [2.05, 4.69) is 22.6 Å². The molecule has 1 unspecified atom stereocenters. The summed E-state index contributed by atoms with van der Waals surface area (Å²) in [4.78, 5) is 7.40. The van der Waals surface area contributed by atoms with Crippen LogP contribution in [0.1, 0.15) is 57.2 Å². The van der Waals surface area contributed by atoms with Gasteiger partial charge < -0.3 is 15.2 Å². The van der Waals surface area contributed by atoms with Crippen molar-refractivity contribution < 1.29 is 0 Å². The Balaban J connectivity index is 1.84. The van der Waals surface area contributed by atoms with Gasteiger partial charge in [0.1, 0.15) is 0 Å². The number of rotatable bonds is 4. The lowest BCUT2D eigenvalue weighted by Gasteiger charge is -2.34. The fourth-order valence-electron chi connectivity index (χ4n) is 3.73. The predicted molar refractivity (Wildman–Crippen MR) is 83.1 cm³/mol. The highest BCUT2D eigenvalue weighted by Gasteiger charge is 2.26. The molecule has 2 heterocycles. The second kappa shape index (κ2) is 6.17. The lowest BCUT2D eigenvalue weighted by Crippen LogP contribution is -2.40. The van der Waals surface area contributed by atoms with Crippen LogP contribution < -0.4 is 10.6 Å². The van der Waals surface area contributed by atoms with Gasteiger partial charge in [-0.1, -0.05) is 19.8 Å². The van der Waals surface area contributed by atoms with Crippen molar-refractivity contribution in [2.75, 3.05) is 24.5 Å². The maximum atomic E-state index is 5.88. The van der Waals surface area contributed by atoms with Gasteiger partial charge in [0.05, 0.1) is 5.69 Å². The average molecular weight is 276 g/mol. The van der Waals surface area contributed by atoms with Crippen molar-refractivity contribution in [2.45, 2.75) is 57.9 Å². The maximum Gasteiger partial charge on any atom is 0.205 e. The van der Waals surface area contributed by atoms with Gasteiger partial charge >= 0.3 is 0 Å². The van der Waals surface area contributed by atoms with Crippen LogP contribution in [0.25, 0.3) is 0 Å². The minimum absolute atomic E-state index is 0.641. The van der Waals surface area contributed by atoms with Crippen LogP contribution in [0.5, 0.6) is 0 Å². The van der Waals surface area contributed by atoms with Crippen LogP contribution in [-0.2, 0) is 6.42 Å². The van der Waals surface area contributed by atoms with Crippen molar-refractivity contribution >= 4 is 5.95 Å². The van der Waals surface area contributed by atoms with E-state index in [1.54, 1.807) is 0 Å². The number of aryl methyl sites for hydroxylation is 1. The monoisotopic (exact) mass is 276 g/mol. The van der Waals surface area contributed by atoms with E-state index >= 15 is 0 Å². The van der Waals surface area contributed by atoms with Crippen molar-refractivity contribution in [1.29, 1.82) is 0 Å². The molecule has 1 saturated carbocycles. The Bertz CT molecular complexity index is 434. The zero-order chi connectivity index (χ0) is 13.9. The van der Waals surface area contributed by atoms with Gasteiger partial charge in [-0.15, -0.1) is 0 Å². The minimum Gasteiger partial charge on any atom is -0.342 e. The molecule has 112 valence electrons. The average Bonchev–Trinajstić information content (AvgIpc) is 3.15. The van der Waals surface area contributed by atoms with E-state index in [9.17, 15) is 0 Å². The minimum atomic E-state index is 0.641. The van der Waals surface area contributed by atoms with E-state index < -0.39 is 0 Å². The Morgan fingerprint density at radius 2 is 2.05 bits per heavy atom. The Kier molecular flexibility index (Phi) is 4.29. The molecule has 0 amide bonds. The zero-order valence-electron chi connectivity index (χ0n) is 12.7. The number of imidazole rings is 1. The largest absolute Gasteiger partial charge is 0.342 e. The molecular weight excluding hydrogens is 248 g/mol. The normalized spacial score (nSPS) is 24.5. The van der Waals surface area contributed by atoms with E-state index in [1.165, 1.54) is 50.2 Å². The lowest BCUT2D eigenvalue weighted by atomic mass is 9.99. The maximum absolute atomic E-state index is 5.88. The molecule has 2 fully saturated rings.